The number of aryl methyl sites for hydroxylation is 1. The molecule has 0 aliphatic carbocycles. The summed E-state index contributed by atoms with van der Waals surface area (Å²) in [6, 6.07) is 14.9. The summed E-state index contributed by atoms with van der Waals surface area (Å²) >= 11 is 6.07. The fourth-order valence-corrected chi connectivity index (χ4v) is 6.35. The fourth-order valence-electron chi connectivity index (χ4n) is 4.79. The summed E-state index contributed by atoms with van der Waals surface area (Å²) in [6.45, 7) is 5.32. The molecule has 0 atom stereocenters. The van der Waals surface area contributed by atoms with Crippen molar-refractivity contribution < 1.29 is 22.7 Å². The molecule has 0 N–H and O–H groups in total. The van der Waals surface area contributed by atoms with Gasteiger partial charge in [-0.15, -0.1) is 0 Å². The van der Waals surface area contributed by atoms with Crippen LogP contribution in [0.1, 0.15) is 54.6 Å². The number of halogens is 1. The third kappa shape index (κ3) is 8.76. The molecule has 0 bridgehead atoms. The van der Waals surface area contributed by atoms with Gasteiger partial charge in [-0.2, -0.15) is 4.31 Å². The van der Waals surface area contributed by atoms with Crippen LogP contribution < -0.4 is 0 Å². The van der Waals surface area contributed by atoms with E-state index in [4.69, 9.17) is 16.3 Å². The lowest BCUT2D eigenvalue weighted by molar-refractivity contribution is -0.135. The van der Waals surface area contributed by atoms with Crippen LogP contribution in [-0.2, 0) is 32.5 Å². The molecule has 2 amide bonds. The van der Waals surface area contributed by atoms with Crippen molar-refractivity contribution in [2.24, 2.45) is 0 Å². The first-order chi connectivity index (χ1) is 18.7. The first-order valence-corrected chi connectivity index (χ1v) is 15.6. The predicted molar refractivity (Wildman–Crippen MR) is 154 cm³/mol. The van der Waals surface area contributed by atoms with Gasteiger partial charge in [-0.1, -0.05) is 49.7 Å². The van der Waals surface area contributed by atoms with Crippen molar-refractivity contribution in [1.29, 1.82) is 0 Å². The Balaban J connectivity index is 1.76. The highest BCUT2D eigenvalue weighted by Gasteiger charge is 2.33. The van der Waals surface area contributed by atoms with E-state index in [2.05, 4.69) is 6.92 Å². The van der Waals surface area contributed by atoms with E-state index < -0.39 is 10.0 Å². The van der Waals surface area contributed by atoms with Crippen molar-refractivity contribution in [3.05, 3.63) is 70.2 Å². The lowest BCUT2D eigenvalue weighted by atomic mass is 10.0. The van der Waals surface area contributed by atoms with Crippen molar-refractivity contribution in [1.82, 2.24) is 14.1 Å². The highest BCUT2D eigenvalue weighted by atomic mass is 35.5. The third-order valence-electron chi connectivity index (χ3n) is 7.10. The third-order valence-corrected chi connectivity index (χ3v) is 9.37. The maximum Gasteiger partial charge on any atom is 0.253 e. The number of benzene rings is 2. The molecular weight excluding hydrogens is 538 g/mol. The Morgan fingerprint density at radius 3 is 2.18 bits per heavy atom. The average molecular weight is 578 g/mol. The zero-order chi connectivity index (χ0) is 28.4. The summed E-state index contributed by atoms with van der Waals surface area (Å²) in [5.74, 6) is -0.301. The molecule has 2 aromatic carbocycles. The van der Waals surface area contributed by atoms with Gasteiger partial charge in [0.15, 0.2) is 0 Å². The number of methoxy groups -OCH3 is 1. The van der Waals surface area contributed by atoms with E-state index in [0.29, 0.717) is 49.5 Å². The van der Waals surface area contributed by atoms with Gasteiger partial charge in [0.05, 0.1) is 18.9 Å². The molecule has 0 unspecified atom stereocenters. The zero-order valence-electron chi connectivity index (χ0n) is 23.1. The molecule has 1 fully saturated rings. The molecule has 0 saturated carbocycles. The number of carbonyl (C=O) groups is 2. The molecule has 1 saturated heterocycles. The van der Waals surface area contributed by atoms with E-state index in [1.165, 1.54) is 17.0 Å². The van der Waals surface area contributed by atoms with E-state index in [-0.39, 0.29) is 43.3 Å². The minimum atomic E-state index is -3.60. The Labute approximate surface area is 237 Å². The maximum atomic E-state index is 13.7. The van der Waals surface area contributed by atoms with Crippen LogP contribution in [0.2, 0.25) is 5.02 Å². The number of ether oxygens (including phenoxy) is 1. The Morgan fingerprint density at radius 2 is 1.62 bits per heavy atom. The quantitative estimate of drug-likeness (QED) is 0.356. The van der Waals surface area contributed by atoms with Crippen LogP contribution in [0.25, 0.3) is 0 Å². The van der Waals surface area contributed by atoms with Crippen LogP contribution in [0.4, 0.5) is 0 Å². The largest absolute Gasteiger partial charge is 0.383 e. The molecule has 8 nitrogen and oxygen atoms in total. The lowest BCUT2D eigenvalue weighted by Crippen LogP contribution is -2.51. The molecule has 0 spiro atoms. The van der Waals surface area contributed by atoms with Gasteiger partial charge in [0.1, 0.15) is 0 Å². The Bertz CT molecular complexity index is 1180. The maximum absolute atomic E-state index is 13.7. The van der Waals surface area contributed by atoms with Gasteiger partial charge in [0, 0.05) is 49.9 Å². The summed E-state index contributed by atoms with van der Waals surface area (Å²) in [6.07, 6.45) is 2.60. The van der Waals surface area contributed by atoms with Gasteiger partial charge in [0.2, 0.25) is 15.9 Å². The molecule has 10 heteroatoms. The molecule has 1 aliphatic heterocycles. The van der Waals surface area contributed by atoms with Crippen LogP contribution in [0.5, 0.6) is 0 Å². The predicted octanol–water partition coefficient (Wildman–Crippen LogP) is 4.22. The number of hydrogen-bond donors (Lipinski definition) is 0. The molecule has 214 valence electrons. The Hall–Kier alpha value is -2.46. The van der Waals surface area contributed by atoms with Crippen molar-refractivity contribution in [2.45, 2.75) is 52.1 Å². The summed E-state index contributed by atoms with van der Waals surface area (Å²) in [7, 11) is -2.10. The second kappa shape index (κ2) is 14.8. The lowest BCUT2D eigenvalue weighted by Gasteiger charge is -2.39. The highest BCUT2D eigenvalue weighted by molar-refractivity contribution is 7.89. The number of carbonyl (C=O) groups excluding carboxylic acids is 2. The second-order valence-corrected chi connectivity index (χ2v) is 12.4. The SMILES string of the molecule is CCCS(=O)(=O)N(CCOC)CC(=O)N(Cc1ccc(Cl)cc1)C1CCN(C(=O)c2ccc(CC)cc2)CC1. The van der Waals surface area contributed by atoms with Crippen LogP contribution in [0.3, 0.4) is 0 Å². The number of piperidine rings is 1. The van der Waals surface area contributed by atoms with E-state index in [0.717, 1.165) is 12.0 Å². The van der Waals surface area contributed by atoms with E-state index >= 15 is 0 Å². The van der Waals surface area contributed by atoms with Crippen LogP contribution >= 0.6 is 11.6 Å². The standard InChI is InChI=1S/C29H40ClN3O5S/c1-4-20-39(36,37)32(18-19-38-3)22-28(34)33(21-24-8-12-26(30)13-9-24)27-14-16-31(17-15-27)29(35)25-10-6-23(5-2)7-11-25/h6-13,27H,4-5,14-22H2,1-3H3. The smallest absolute Gasteiger partial charge is 0.253 e. The first kappa shape index (κ1) is 31.1. The molecule has 0 radical (unpaired) electrons. The summed E-state index contributed by atoms with van der Waals surface area (Å²) in [5.41, 5.74) is 2.75. The van der Waals surface area contributed by atoms with Gasteiger partial charge in [-0.25, -0.2) is 8.42 Å². The fraction of sp³-hybridized carbons (Fsp3) is 0.517. The number of sulfonamides is 1. The summed E-state index contributed by atoms with van der Waals surface area (Å²) in [4.78, 5) is 30.4. The number of amides is 2. The van der Waals surface area contributed by atoms with Gasteiger partial charge in [-0.05, 0) is 61.1 Å². The normalized spacial score (nSPS) is 14.5. The molecule has 0 aromatic heterocycles. The minimum Gasteiger partial charge on any atom is -0.383 e. The molecule has 39 heavy (non-hydrogen) atoms. The number of likely N-dealkylation sites (tertiary alicyclic amines) is 1. The van der Waals surface area contributed by atoms with Crippen molar-refractivity contribution in [3.63, 3.8) is 0 Å². The molecule has 3 rings (SSSR count). The molecule has 1 aliphatic rings. The van der Waals surface area contributed by atoms with Crippen molar-refractivity contribution >= 4 is 33.4 Å². The van der Waals surface area contributed by atoms with Gasteiger partial charge in [0.25, 0.3) is 5.91 Å². The molecule has 1 heterocycles. The first-order valence-electron chi connectivity index (χ1n) is 13.6. The van der Waals surface area contributed by atoms with E-state index in [1.807, 2.05) is 41.3 Å². The van der Waals surface area contributed by atoms with Crippen molar-refractivity contribution in [2.75, 3.05) is 45.6 Å². The minimum absolute atomic E-state index is 0.0110. The monoisotopic (exact) mass is 577 g/mol. The van der Waals surface area contributed by atoms with Gasteiger partial charge in [-0.3, -0.25) is 9.59 Å². The van der Waals surface area contributed by atoms with Gasteiger partial charge >= 0.3 is 0 Å². The number of rotatable bonds is 13. The highest BCUT2D eigenvalue weighted by Crippen LogP contribution is 2.23. The van der Waals surface area contributed by atoms with Gasteiger partial charge < -0.3 is 14.5 Å². The number of hydrogen-bond acceptors (Lipinski definition) is 5. The topological polar surface area (TPSA) is 87.2 Å². The Kier molecular flexibility index (Phi) is 11.8. The second-order valence-electron chi connectivity index (χ2n) is 9.86. The van der Waals surface area contributed by atoms with E-state index in [9.17, 15) is 18.0 Å². The number of nitrogens with zero attached hydrogens (tertiary/aromatic N) is 3. The van der Waals surface area contributed by atoms with Crippen LogP contribution in [0, 0.1) is 0 Å². The molecule has 2 aromatic rings. The summed E-state index contributed by atoms with van der Waals surface area (Å²) < 4.78 is 32.1. The summed E-state index contributed by atoms with van der Waals surface area (Å²) in [5, 5.41) is 0.604. The van der Waals surface area contributed by atoms with Crippen LogP contribution in [-0.4, -0.2) is 86.0 Å². The van der Waals surface area contributed by atoms with E-state index in [1.54, 1.807) is 24.0 Å². The Morgan fingerprint density at radius 1 is 1.00 bits per heavy atom. The van der Waals surface area contributed by atoms with Crippen LogP contribution in [0.15, 0.2) is 48.5 Å². The average Bonchev–Trinajstić information content (AvgIpc) is 2.94. The van der Waals surface area contributed by atoms with Crippen molar-refractivity contribution in [3.8, 4) is 0 Å². The molecular formula is C29H40ClN3O5S. The zero-order valence-corrected chi connectivity index (χ0v) is 24.7.